The average Bonchev–Trinajstić information content (AvgIpc) is 3.27. The standard InChI is InChI=1S/C33H56O2.C2H6.3H2/c1-6-33-20-17-26(35-31-12-7-8-21-34-31)22-25(33)13-14-27-29-16-15-28(24(4)11-9-10-23(2)3)32(29,5)19-18-30(27)33;1-2;;;/h13,23-24,26-31H,6-12,14-22H2,1-5H3;1-2H3;3*1H/t24-,26+,27+,28?,29?,30?,31?,32-,33+;;;;/m1..../s1. The average molecular weight is 521 g/mol. The van der Waals surface area contributed by atoms with Gasteiger partial charge in [0.1, 0.15) is 0 Å². The monoisotopic (exact) mass is 521 g/mol. The normalized spacial score (nSPS) is 42.1. The molecule has 0 amide bonds. The van der Waals surface area contributed by atoms with Crippen LogP contribution in [0.4, 0.5) is 0 Å². The minimum absolute atomic E-state index is 0. The first-order chi connectivity index (χ1) is 17.9. The highest BCUT2D eigenvalue weighted by atomic mass is 16.7. The van der Waals surface area contributed by atoms with E-state index in [1.54, 1.807) is 5.57 Å². The summed E-state index contributed by atoms with van der Waals surface area (Å²) in [5.74, 6) is 5.54. The molecule has 1 saturated heterocycles. The summed E-state index contributed by atoms with van der Waals surface area (Å²) in [5.41, 5.74) is 2.85. The predicted molar refractivity (Wildman–Crippen MR) is 164 cm³/mol. The van der Waals surface area contributed by atoms with Crippen LogP contribution in [0, 0.1) is 46.3 Å². The highest BCUT2D eigenvalue weighted by Gasteiger charge is 2.59. The van der Waals surface area contributed by atoms with Gasteiger partial charge in [0.15, 0.2) is 6.29 Å². The molecule has 0 aromatic heterocycles. The molecule has 0 aromatic rings. The fraction of sp³-hybridized carbons (Fsp3) is 0.943. The van der Waals surface area contributed by atoms with Crippen LogP contribution in [0.2, 0.25) is 0 Å². The molecule has 5 aliphatic rings. The van der Waals surface area contributed by atoms with Crippen molar-refractivity contribution < 1.29 is 13.8 Å². The number of hydrogen-bond acceptors (Lipinski definition) is 2. The Kier molecular flexibility index (Phi) is 10.3. The number of rotatable bonds is 8. The highest BCUT2D eigenvalue weighted by molar-refractivity contribution is 5.26. The van der Waals surface area contributed by atoms with E-state index < -0.39 is 0 Å². The summed E-state index contributed by atoms with van der Waals surface area (Å²) in [6.45, 7) is 17.5. The van der Waals surface area contributed by atoms with Crippen LogP contribution in [0.1, 0.15) is 149 Å². The van der Waals surface area contributed by atoms with Crippen molar-refractivity contribution >= 4 is 0 Å². The third-order valence-corrected chi connectivity index (χ3v) is 12.1. The van der Waals surface area contributed by atoms with E-state index in [0.717, 1.165) is 48.5 Å². The van der Waals surface area contributed by atoms with Crippen LogP contribution in [0.3, 0.4) is 0 Å². The molecule has 1 aliphatic heterocycles. The molecular weight excluding hydrogens is 452 g/mol. The fourth-order valence-electron chi connectivity index (χ4n) is 10.3. The van der Waals surface area contributed by atoms with Crippen LogP contribution in [-0.2, 0) is 9.47 Å². The molecule has 1 heterocycles. The van der Waals surface area contributed by atoms with Crippen LogP contribution in [0.5, 0.6) is 0 Å². The number of fused-ring (bicyclic) bond motifs is 5. The van der Waals surface area contributed by atoms with E-state index in [4.69, 9.17) is 9.47 Å². The molecule has 0 bridgehead atoms. The fourth-order valence-corrected chi connectivity index (χ4v) is 10.3. The summed E-state index contributed by atoms with van der Waals surface area (Å²) in [6, 6.07) is 0. The van der Waals surface area contributed by atoms with Crippen LogP contribution in [0.15, 0.2) is 11.6 Å². The summed E-state index contributed by atoms with van der Waals surface area (Å²) < 4.78 is 12.5. The van der Waals surface area contributed by atoms with E-state index in [0.29, 0.717) is 16.9 Å². The molecule has 4 aliphatic carbocycles. The van der Waals surface area contributed by atoms with Gasteiger partial charge >= 0.3 is 0 Å². The second-order valence-corrected chi connectivity index (χ2v) is 14.2. The van der Waals surface area contributed by atoms with Crippen molar-refractivity contribution in [1.82, 2.24) is 0 Å². The van der Waals surface area contributed by atoms with Gasteiger partial charge in [0.2, 0.25) is 0 Å². The van der Waals surface area contributed by atoms with E-state index in [9.17, 15) is 0 Å². The molecule has 0 radical (unpaired) electrons. The molecule has 2 heteroatoms. The summed E-state index contributed by atoms with van der Waals surface area (Å²) in [7, 11) is 0. The van der Waals surface area contributed by atoms with Crippen molar-refractivity contribution in [1.29, 1.82) is 0 Å². The molecule has 4 fully saturated rings. The van der Waals surface area contributed by atoms with E-state index in [1.807, 2.05) is 13.8 Å². The van der Waals surface area contributed by atoms with Crippen molar-refractivity contribution in [2.75, 3.05) is 6.61 Å². The maximum atomic E-state index is 6.52. The lowest BCUT2D eigenvalue weighted by Crippen LogP contribution is -2.52. The zero-order valence-electron chi connectivity index (χ0n) is 25.8. The minimum atomic E-state index is 0. The third kappa shape index (κ3) is 5.91. The smallest absolute Gasteiger partial charge is 0.157 e. The van der Waals surface area contributed by atoms with Gasteiger partial charge in [-0.2, -0.15) is 0 Å². The number of ether oxygens (including phenoxy) is 2. The highest BCUT2D eigenvalue weighted by Crippen LogP contribution is 2.68. The van der Waals surface area contributed by atoms with E-state index in [2.05, 4.69) is 40.7 Å². The second kappa shape index (κ2) is 12.9. The Morgan fingerprint density at radius 1 is 1.00 bits per heavy atom. The minimum Gasteiger partial charge on any atom is -0.353 e. The molecule has 220 valence electrons. The van der Waals surface area contributed by atoms with Gasteiger partial charge in [0, 0.05) is 10.9 Å². The molecular formula is C35H68O2. The van der Waals surface area contributed by atoms with Crippen LogP contribution in [0.25, 0.3) is 0 Å². The van der Waals surface area contributed by atoms with E-state index in [-0.39, 0.29) is 10.6 Å². The molecule has 0 N–H and O–H groups in total. The van der Waals surface area contributed by atoms with Crippen LogP contribution in [-0.4, -0.2) is 19.0 Å². The third-order valence-electron chi connectivity index (χ3n) is 12.1. The van der Waals surface area contributed by atoms with E-state index >= 15 is 0 Å². The summed E-state index contributed by atoms with van der Waals surface area (Å²) in [4.78, 5) is 0. The zero-order chi connectivity index (χ0) is 26.6. The first kappa shape index (κ1) is 29.6. The Labute approximate surface area is 235 Å². The van der Waals surface area contributed by atoms with Gasteiger partial charge in [0.05, 0.1) is 6.10 Å². The Balaban J connectivity index is 0.00000157. The first-order valence-electron chi connectivity index (χ1n) is 16.8. The Bertz CT molecular complexity index is 751. The molecule has 4 unspecified atom stereocenters. The largest absolute Gasteiger partial charge is 0.353 e. The Morgan fingerprint density at radius 2 is 1.81 bits per heavy atom. The summed E-state index contributed by atoms with van der Waals surface area (Å²) in [5, 5.41) is 0. The molecule has 2 nitrogen and oxygen atoms in total. The van der Waals surface area contributed by atoms with Gasteiger partial charge in [-0.05, 0) is 123 Å². The SMILES string of the molecule is CC.CC[C@]12CC[C@H](OC3CCCCO3)CC1=CC[C@@H]1C2CC[C@@]2(C)C1CCC2[C@H](C)CCCC(C)C.[HH].[HH].[HH]. The van der Waals surface area contributed by atoms with Crippen molar-refractivity contribution in [3.63, 3.8) is 0 Å². The Morgan fingerprint density at radius 3 is 2.51 bits per heavy atom. The molecule has 37 heavy (non-hydrogen) atoms. The maximum absolute atomic E-state index is 6.52. The van der Waals surface area contributed by atoms with Gasteiger partial charge in [-0.1, -0.05) is 79.4 Å². The second-order valence-electron chi connectivity index (χ2n) is 14.2. The van der Waals surface area contributed by atoms with Crippen molar-refractivity contribution in [3.8, 4) is 0 Å². The molecule has 3 saturated carbocycles. The van der Waals surface area contributed by atoms with Gasteiger partial charge in [-0.25, -0.2) is 0 Å². The molecule has 5 rings (SSSR count). The Hall–Kier alpha value is -0.340. The zero-order valence-corrected chi connectivity index (χ0v) is 25.8. The van der Waals surface area contributed by atoms with Gasteiger partial charge in [-0.15, -0.1) is 0 Å². The molecule has 0 aromatic carbocycles. The quantitative estimate of drug-likeness (QED) is 0.296. The summed E-state index contributed by atoms with van der Waals surface area (Å²) >= 11 is 0. The van der Waals surface area contributed by atoms with Crippen LogP contribution >= 0.6 is 0 Å². The molecule has 0 spiro atoms. The van der Waals surface area contributed by atoms with Gasteiger partial charge < -0.3 is 9.47 Å². The van der Waals surface area contributed by atoms with Crippen molar-refractivity contribution in [2.45, 2.75) is 157 Å². The van der Waals surface area contributed by atoms with Crippen molar-refractivity contribution in [2.24, 2.45) is 46.3 Å². The van der Waals surface area contributed by atoms with Gasteiger partial charge in [-0.3, -0.25) is 0 Å². The van der Waals surface area contributed by atoms with Crippen LogP contribution < -0.4 is 0 Å². The topological polar surface area (TPSA) is 18.5 Å². The lowest BCUT2D eigenvalue weighted by Gasteiger charge is -2.59. The van der Waals surface area contributed by atoms with Crippen molar-refractivity contribution in [3.05, 3.63) is 11.6 Å². The number of hydrogen-bond donors (Lipinski definition) is 0. The number of allylic oxidation sites excluding steroid dienone is 1. The molecule has 9 atom stereocenters. The summed E-state index contributed by atoms with van der Waals surface area (Å²) in [6.07, 6.45) is 23.5. The lowest BCUT2D eigenvalue weighted by atomic mass is 9.46. The van der Waals surface area contributed by atoms with Gasteiger partial charge in [0.25, 0.3) is 0 Å². The maximum Gasteiger partial charge on any atom is 0.157 e. The lowest BCUT2D eigenvalue weighted by molar-refractivity contribution is -0.195. The first-order valence-corrected chi connectivity index (χ1v) is 16.8. The predicted octanol–water partition coefficient (Wildman–Crippen LogP) is 11.1. The van der Waals surface area contributed by atoms with E-state index in [1.165, 1.54) is 89.9 Å².